The van der Waals surface area contributed by atoms with Crippen LogP contribution in [0.5, 0.6) is 0 Å². The van der Waals surface area contributed by atoms with E-state index in [2.05, 4.69) is 43.1 Å². The van der Waals surface area contributed by atoms with E-state index in [4.69, 9.17) is 9.97 Å². The molecular formula is C25H32N8O. The third kappa shape index (κ3) is 3.58. The van der Waals surface area contributed by atoms with Crippen LogP contribution in [0.3, 0.4) is 0 Å². The van der Waals surface area contributed by atoms with Crippen molar-refractivity contribution < 1.29 is 4.79 Å². The molecule has 2 fully saturated rings. The minimum atomic E-state index is -0.0935. The van der Waals surface area contributed by atoms with E-state index in [9.17, 15) is 4.79 Å². The maximum atomic E-state index is 12.7. The number of carbonyl (C=O) groups is 1. The van der Waals surface area contributed by atoms with E-state index in [1.807, 2.05) is 25.3 Å². The first-order valence-electron chi connectivity index (χ1n) is 12.4. The molecule has 34 heavy (non-hydrogen) atoms. The van der Waals surface area contributed by atoms with Gasteiger partial charge in [0.25, 0.3) is 5.91 Å². The fourth-order valence-corrected chi connectivity index (χ4v) is 5.78. The second kappa shape index (κ2) is 8.23. The largest absolute Gasteiger partial charge is 0.368 e. The molecule has 3 aliphatic rings. The smallest absolute Gasteiger partial charge is 0.268 e. The molecule has 1 spiro atoms. The van der Waals surface area contributed by atoms with Crippen LogP contribution in [-0.4, -0.2) is 70.1 Å². The summed E-state index contributed by atoms with van der Waals surface area (Å²) in [6, 6.07) is 6.05. The van der Waals surface area contributed by atoms with Gasteiger partial charge < -0.3 is 25.0 Å². The third-order valence-electron chi connectivity index (χ3n) is 7.78. The zero-order valence-electron chi connectivity index (χ0n) is 20.0. The van der Waals surface area contributed by atoms with Crippen molar-refractivity contribution >= 4 is 34.4 Å². The monoisotopic (exact) mass is 460 g/mol. The first-order valence-corrected chi connectivity index (χ1v) is 12.4. The lowest BCUT2D eigenvalue weighted by atomic mass is 9.80. The zero-order chi connectivity index (χ0) is 23.3. The number of rotatable bonds is 3. The molecular weight excluding hydrogens is 428 g/mol. The molecule has 0 atom stereocenters. The minimum absolute atomic E-state index is 0.0238. The Morgan fingerprint density at radius 1 is 1.06 bits per heavy atom. The number of likely N-dealkylation sites (N-methyl/N-ethyl adjacent to an activating group) is 1. The topological polar surface area (TPSA) is 91.2 Å². The molecule has 0 unspecified atom stereocenters. The molecule has 1 aliphatic carbocycles. The molecule has 1 saturated carbocycles. The van der Waals surface area contributed by atoms with Gasteiger partial charge in [0.05, 0.1) is 23.1 Å². The SMILES string of the molecule is Cc1nc(Nc2ccc(N3CCN(C)CC3)cn2)nc2c1cc1n2C2(CCCCC2)CNC1=O. The molecule has 3 aromatic rings. The molecule has 1 amide bonds. The number of hydrogen-bond acceptors (Lipinski definition) is 7. The summed E-state index contributed by atoms with van der Waals surface area (Å²) < 4.78 is 2.21. The van der Waals surface area contributed by atoms with Crippen LogP contribution in [0.4, 0.5) is 17.5 Å². The van der Waals surface area contributed by atoms with Gasteiger partial charge in [-0.3, -0.25) is 4.79 Å². The van der Waals surface area contributed by atoms with E-state index in [1.54, 1.807) is 0 Å². The van der Waals surface area contributed by atoms with E-state index in [0.717, 1.165) is 61.4 Å². The average Bonchev–Trinajstić information content (AvgIpc) is 3.25. The van der Waals surface area contributed by atoms with Crippen molar-refractivity contribution in [1.82, 2.24) is 29.7 Å². The van der Waals surface area contributed by atoms with Crippen LogP contribution in [0.1, 0.15) is 48.3 Å². The zero-order valence-corrected chi connectivity index (χ0v) is 20.0. The second-order valence-corrected chi connectivity index (χ2v) is 10.0. The number of carbonyl (C=O) groups excluding carboxylic acids is 1. The first-order chi connectivity index (χ1) is 16.5. The minimum Gasteiger partial charge on any atom is -0.368 e. The molecule has 5 heterocycles. The van der Waals surface area contributed by atoms with Crippen molar-refractivity contribution in [2.24, 2.45) is 0 Å². The van der Waals surface area contributed by atoms with Crippen molar-refractivity contribution in [2.45, 2.75) is 44.6 Å². The molecule has 0 bridgehead atoms. The number of nitrogens with one attached hydrogen (secondary N) is 2. The van der Waals surface area contributed by atoms with Crippen molar-refractivity contribution in [2.75, 3.05) is 50.0 Å². The predicted molar refractivity (Wildman–Crippen MR) is 133 cm³/mol. The fourth-order valence-electron chi connectivity index (χ4n) is 5.78. The van der Waals surface area contributed by atoms with E-state index < -0.39 is 0 Å². The molecule has 9 nitrogen and oxygen atoms in total. The summed E-state index contributed by atoms with van der Waals surface area (Å²) >= 11 is 0. The number of piperazine rings is 1. The second-order valence-electron chi connectivity index (χ2n) is 10.0. The lowest BCUT2D eigenvalue weighted by Gasteiger charge is -2.42. The first kappa shape index (κ1) is 21.3. The average molecular weight is 461 g/mol. The Balaban J connectivity index is 1.32. The van der Waals surface area contributed by atoms with Gasteiger partial charge in [-0.1, -0.05) is 19.3 Å². The summed E-state index contributed by atoms with van der Waals surface area (Å²) in [5, 5.41) is 7.37. The maximum Gasteiger partial charge on any atom is 0.268 e. The molecule has 2 aliphatic heterocycles. The van der Waals surface area contributed by atoms with Gasteiger partial charge in [-0.15, -0.1) is 0 Å². The van der Waals surface area contributed by atoms with Gasteiger partial charge in [-0.05, 0) is 45.0 Å². The van der Waals surface area contributed by atoms with Crippen molar-refractivity contribution in [1.29, 1.82) is 0 Å². The molecule has 1 saturated heterocycles. The molecule has 6 rings (SSSR count). The number of amides is 1. The molecule has 0 radical (unpaired) electrons. The summed E-state index contributed by atoms with van der Waals surface area (Å²) in [6.45, 7) is 6.81. The highest BCUT2D eigenvalue weighted by atomic mass is 16.2. The Bertz CT molecular complexity index is 1220. The highest BCUT2D eigenvalue weighted by Gasteiger charge is 2.41. The number of fused-ring (bicyclic) bond motifs is 4. The van der Waals surface area contributed by atoms with Crippen molar-refractivity contribution in [3.05, 3.63) is 35.8 Å². The summed E-state index contributed by atoms with van der Waals surface area (Å²) in [7, 11) is 2.16. The Kier molecular flexibility index (Phi) is 5.17. The Labute approximate surface area is 199 Å². The number of aryl methyl sites for hydroxylation is 1. The lowest BCUT2D eigenvalue weighted by Crippen LogP contribution is -2.52. The van der Waals surface area contributed by atoms with Gasteiger partial charge in [0.1, 0.15) is 17.2 Å². The van der Waals surface area contributed by atoms with Crippen LogP contribution in [0.2, 0.25) is 0 Å². The van der Waals surface area contributed by atoms with Gasteiger partial charge >= 0.3 is 0 Å². The molecule has 3 aromatic heterocycles. The van der Waals surface area contributed by atoms with Crippen LogP contribution >= 0.6 is 0 Å². The standard InChI is InChI=1S/C25H32N8O/c1-17-19-14-20-23(34)27-16-25(8-4-3-5-9-25)33(20)22(19)30-24(28-17)29-21-7-6-18(15-26-21)32-12-10-31(2)11-13-32/h6-7,14-15H,3-5,8-13,16H2,1-2H3,(H,27,34)(H,26,28,29,30). The molecule has 9 heteroatoms. The molecule has 178 valence electrons. The van der Waals surface area contributed by atoms with Gasteiger partial charge in [-0.25, -0.2) is 9.97 Å². The van der Waals surface area contributed by atoms with Gasteiger partial charge in [-0.2, -0.15) is 4.98 Å². The highest BCUT2D eigenvalue weighted by Crippen LogP contribution is 2.40. The predicted octanol–water partition coefficient (Wildman–Crippen LogP) is 3.03. The van der Waals surface area contributed by atoms with E-state index in [0.29, 0.717) is 24.0 Å². The van der Waals surface area contributed by atoms with Crippen LogP contribution in [0.25, 0.3) is 11.0 Å². The summed E-state index contributed by atoms with van der Waals surface area (Å²) in [4.78, 5) is 31.7. The molecule has 0 aromatic carbocycles. The van der Waals surface area contributed by atoms with Gasteiger partial charge in [0.15, 0.2) is 0 Å². The van der Waals surface area contributed by atoms with Gasteiger partial charge in [0.2, 0.25) is 5.95 Å². The summed E-state index contributed by atoms with van der Waals surface area (Å²) in [5.74, 6) is 1.21. The fraction of sp³-hybridized carbons (Fsp3) is 0.520. The third-order valence-corrected chi connectivity index (χ3v) is 7.78. The highest BCUT2D eigenvalue weighted by molar-refractivity contribution is 5.99. The van der Waals surface area contributed by atoms with Crippen LogP contribution in [-0.2, 0) is 5.54 Å². The number of aromatic nitrogens is 4. The number of nitrogens with zero attached hydrogens (tertiary/aromatic N) is 6. The van der Waals surface area contributed by atoms with Crippen LogP contribution < -0.4 is 15.5 Å². The summed E-state index contributed by atoms with van der Waals surface area (Å²) in [6.07, 6.45) is 7.64. The van der Waals surface area contributed by atoms with Crippen LogP contribution in [0, 0.1) is 6.92 Å². The number of anilines is 3. The molecule has 2 N–H and O–H groups in total. The Morgan fingerprint density at radius 2 is 1.85 bits per heavy atom. The van der Waals surface area contributed by atoms with Crippen LogP contribution in [0.15, 0.2) is 24.4 Å². The Hall–Kier alpha value is -3.20. The maximum absolute atomic E-state index is 12.7. The van der Waals surface area contributed by atoms with E-state index >= 15 is 0 Å². The quantitative estimate of drug-likeness (QED) is 0.621. The number of hydrogen-bond donors (Lipinski definition) is 2. The number of pyridine rings is 1. The van der Waals surface area contributed by atoms with Crippen molar-refractivity contribution in [3.63, 3.8) is 0 Å². The Morgan fingerprint density at radius 3 is 2.59 bits per heavy atom. The van der Waals surface area contributed by atoms with Gasteiger partial charge in [0, 0.05) is 38.1 Å². The van der Waals surface area contributed by atoms with E-state index in [-0.39, 0.29) is 11.4 Å². The summed E-state index contributed by atoms with van der Waals surface area (Å²) in [5.41, 5.74) is 3.45. The lowest BCUT2D eigenvalue weighted by molar-refractivity contribution is 0.0833. The van der Waals surface area contributed by atoms with Crippen molar-refractivity contribution in [3.8, 4) is 0 Å². The van der Waals surface area contributed by atoms with E-state index in [1.165, 1.54) is 19.3 Å². The normalized spacial score (nSPS) is 20.4.